The van der Waals surface area contributed by atoms with E-state index in [9.17, 15) is 4.79 Å². The molecule has 0 fully saturated rings. The summed E-state index contributed by atoms with van der Waals surface area (Å²) in [5, 5.41) is 8.92. The van der Waals surface area contributed by atoms with Crippen LogP contribution in [0.15, 0.2) is 0 Å². The second-order valence-corrected chi connectivity index (χ2v) is 8.75. The molecular weight excluding hydrogens is 324 g/mol. The van der Waals surface area contributed by atoms with Crippen molar-refractivity contribution >= 4 is 5.97 Å². The molecule has 1 atom stereocenters. The Morgan fingerprint density at radius 3 is 2.46 bits per heavy atom. The predicted octanol–water partition coefficient (Wildman–Crippen LogP) is 5.93. The number of ether oxygens (including phenoxy) is 1. The molecule has 1 aliphatic rings. The lowest BCUT2D eigenvalue weighted by molar-refractivity contribution is -0.137. The van der Waals surface area contributed by atoms with Gasteiger partial charge in [-0.15, -0.1) is 0 Å². The van der Waals surface area contributed by atoms with Gasteiger partial charge in [0.15, 0.2) is 0 Å². The van der Waals surface area contributed by atoms with E-state index in [1.807, 2.05) is 0 Å². The molecule has 2 rings (SSSR count). The van der Waals surface area contributed by atoms with E-state index in [1.54, 1.807) is 0 Å². The van der Waals surface area contributed by atoms with Crippen LogP contribution < -0.4 is 4.74 Å². The Hall–Kier alpha value is -1.51. The highest BCUT2D eigenvalue weighted by Gasteiger charge is 2.34. The van der Waals surface area contributed by atoms with Gasteiger partial charge in [-0.25, -0.2) is 0 Å². The molecule has 0 radical (unpaired) electrons. The average molecular weight is 361 g/mol. The third-order valence-corrected chi connectivity index (χ3v) is 6.09. The molecule has 0 bridgehead atoms. The maximum Gasteiger partial charge on any atom is 0.303 e. The third-order valence-electron chi connectivity index (χ3n) is 6.09. The predicted molar refractivity (Wildman–Crippen MR) is 107 cm³/mol. The Labute approximate surface area is 159 Å². The normalized spacial score (nSPS) is 19.3. The number of benzene rings is 1. The Balaban J connectivity index is 2.21. The summed E-state index contributed by atoms with van der Waals surface area (Å²) in [5.74, 6) is 1.13. The first-order chi connectivity index (χ1) is 12.1. The second kappa shape index (κ2) is 8.45. The quantitative estimate of drug-likeness (QED) is 0.625. The van der Waals surface area contributed by atoms with Crippen LogP contribution in [0.4, 0.5) is 0 Å². The van der Waals surface area contributed by atoms with Gasteiger partial charge in [0.05, 0.1) is 0 Å². The van der Waals surface area contributed by atoms with E-state index in [-0.39, 0.29) is 12.0 Å². The summed E-state index contributed by atoms with van der Waals surface area (Å²) in [5.41, 5.74) is 6.45. The molecule has 0 saturated heterocycles. The van der Waals surface area contributed by atoms with E-state index in [0.717, 1.165) is 37.4 Å². The molecule has 0 aliphatic carbocycles. The van der Waals surface area contributed by atoms with E-state index >= 15 is 0 Å². The highest BCUT2D eigenvalue weighted by atomic mass is 16.5. The van der Waals surface area contributed by atoms with Gasteiger partial charge in [-0.05, 0) is 100.0 Å². The van der Waals surface area contributed by atoms with Crippen LogP contribution in [0.5, 0.6) is 5.75 Å². The standard InChI is InChI=1S/C23H36O3/c1-15(2)9-8-13-23(6)14-12-20-18(5)19(10-7-11-21(24)25)16(3)17(4)22(20)26-23/h15H,7-14H2,1-6H3,(H,24,25)/t23-/m1/s1. The Morgan fingerprint density at radius 1 is 1.15 bits per heavy atom. The lowest BCUT2D eigenvalue weighted by Gasteiger charge is -2.38. The summed E-state index contributed by atoms with van der Waals surface area (Å²) in [7, 11) is 0. The minimum absolute atomic E-state index is 0.0592. The highest BCUT2D eigenvalue weighted by Crippen LogP contribution is 2.42. The molecule has 0 amide bonds. The molecule has 3 nitrogen and oxygen atoms in total. The summed E-state index contributed by atoms with van der Waals surface area (Å²) in [6.07, 6.45) is 7.48. The number of fused-ring (bicyclic) bond motifs is 1. The molecule has 26 heavy (non-hydrogen) atoms. The smallest absolute Gasteiger partial charge is 0.303 e. The summed E-state index contributed by atoms with van der Waals surface area (Å²) in [4.78, 5) is 10.8. The molecular formula is C23H36O3. The fourth-order valence-corrected chi connectivity index (χ4v) is 4.23. The second-order valence-electron chi connectivity index (χ2n) is 8.75. The first-order valence-corrected chi connectivity index (χ1v) is 10.2. The van der Waals surface area contributed by atoms with E-state index in [0.29, 0.717) is 6.42 Å². The lowest BCUT2D eigenvalue weighted by Crippen LogP contribution is -2.37. The van der Waals surface area contributed by atoms with E-state index in [1.165, 1.54) is 40.7 Å². The van der Waals surface area contributed by atoms with Crippen LogP contribution in [-0.4, -0.2) is 16.7 Å². The fraction of sp³-hybridized carbons (Fsp3) is 0.696. The van der Waals surface area contributed by atoms with Crippen LogP contribution in [0, 0.1) is 26.7 Å². The van der Waals surface area contributed by atoms with Gasteiger partial charge in [-0.3, -0.25) is 4.79 Å². The van der Waals surface area contributed by atoms with Crippen molar-refractivity contribution < 1.29 is 14.6 Å². The Morgan fingerprint density at radius 2 is 1.85 bits per heavy atom. The topological polar surface area (TPSA) is 46.5 Å². The first kappa shape index (κ1) is 20.8. The maximum atomic E-state index is 10.8. The minimum atomic E-state index is -0.713. The molecule has 1 N–H and O–H groups in total. The molecule has 0 unspecified atom stereocenters. The van der Waals surface area contributed by atoms with Gasteiger partial charge < -0.3 is 9.84 Å². The van der Waals surface area contributed by atoms with Crippen LogP contribution in [0.2, 0.25) is 0 Å². The maximum absolute atomic E-state index is 10.8. The fourth-order valence-electron chi connectivity index (χ4n) is 4.23. The van der Waals surface area contributed by atoms with Crippen LogP contribution >= 0.6 is 0 Å². The van der Waals surface area contributed by atoms with Crippen LogP contribution in [0.1, 0.15) is 87.1 Å². The molecule has 1 aromatic rings. The number of aliphatic carboxylic acids is 1. The monoisotopic (exact) mass is 360 g/mol. The summed E-state index contributed by atoms with van der Waals surface area (Å²) >= 11 is 0. The molecule has 0 aromatic heterocycles. The van der Waals surface area contributed by atoms with Crippen molar-refractivity contribution in [2.75, 3.05) is 0 Å². The van der Waals surface area contributed by atoms with Gasteiger partial charge in [0.1, 0.15) is 11.4 Å². The van der Waals surface area contributed by atoms with E-state index in [2.05, 4.69) is 41.5 Å². The van der Waals surface area contributed by atoms with Crippen LogP contribution in [-0.2, 0) is 17.6 Å². The zero-order valence-corrected chi connectivity index (χ0v) is 17.5. The van der Waals surface area contributed by atoms with Crippen LogP contribution in [0.25, 0.3) is 0 Å². The summed E-state index contributed by atoms with van der Waals surface area (Å²) in [6, 6.07) is 0. The van der Waals surface area contributed by atoms with Crippen molar-refractivity contribution in [3.05, 3.63) is 27.8 Å². The number of rotatable bonds is 8. The molecule has 1 heterocycles. The molecule has 146 valence electrons. The zero-order chi connectivity index (χ0) is 19.5. The average Bonchev–Trinajstić information content (AvgIpc) is 2.55. The van der Waals surface area contributed by atoms with Crippen molar-refractivity contribution in [2.45, 2.75) is 98.5 Å². The summed E-state index contributed by atoms with van der Waals surface area (Å²) < 4.78 is 6.60. The molecule has 3 heteroatoms. The van der Waals surface area contributed by atoms with Gasteiger partial charge in [-0.2, -0.15) is 0 Å². The zero-order valence-electron chi connectivity index (χ0n) is 17.5. The van der Waals surface area contributed by atoms with Gasteiger partial charge in [0, 0.05) is 6.42 Å². The number of carboxylic acids is 1. The number of carboxylic acid groups (broad SMARTS) is 1. The van der Waals surface area contributed by atoms with E-state index < -0.39 is 5.97 Å². The Bertz CT molecular complexity index is 660. The molecule has 0 saturated carbocycles. The SMILES string of the molecule is Cc1c(C)c2c(c(C)c1CCCC(=O)O)CC[C@@](C)(CCCC(C)C)O2. The molecule has 1 aromatic carbocycles. The van der Waals surface area contributed by atoms with Gasteiger partial charge in [-0.1, -0.05) is 20.3 Å². The molecule has 1 aliphatic heterocycles. The first-order valence-electron chi connectivity index (χ1n) is 10.2. The van der Waals surface area contributed by atoms with Crippen molar-refractivity contribution in [3.63, 3.8) is 0 Å². The van der Waals surface area contributed by atoms with Gasteiger partial charge in [0.25, 0.3) is 0 Å². The van der Waals surface area contributed by atoms with Crippen LogP contribution in [0.3, 0.4) is 0 Å². The number of hydrogen-bond acceptors (Lipinski definition) is 2. The Kier molecular flexibility index (Phi) is 6.76. The highest BCUT2D eigenvalue weighted by molar-refractivity contribution is 5.66. The van der Waals surface area contributed by atoms with E-state index in [4.69, 9.17) is 9.84 Å². The number of carbonyl (C=O) groups is 1. The van der Waals surface area contributed by atoms with Gasteiger partial charge in [0.2, 0.25) is 0 Å². The molecule has 0 spiro atoms. The van der Waals surface area contributed by atoms with Gasteiger partial charge >= 0.3 is 5.97 Å². The lowest BCUT2D eigenvalue weighted by atomic mass is 9.82. The summed E-state index contributed by atoms with van der Waals surface area (Å²) in [6.45, 7) is 13.3. The largest absolute Gasteiger partial charge is 0.487 e. The van der Waals surface area contributed by atoms with Crippen molar-refractivity contribution in [3.8, 4) is 5.75 Å². The number of hydrogen-bond donors (Lipinski definition) is 1. The van der Waals surface area contributed by atoms with Crippen molar-refractivity contribution in [1.29, 1.82) is 0 Å². The minimum Gasteiger partial charge on any atom is -0.487 e. The van der Waals surface area contributed by atoms with Crippen molar-refractivity contribution in [2.24, 2.45) is 5.92 Å². The third kappa shape index (κ3) is 4.81. The van der Waals surface area contributed by atoms with Crippen molar-refractivity contribution in [1.82, 2.24) is 0 Å².